The van der Waals surface area contributed by atoms with Crippen molar-refractivity contribution in [3.8, 4) is 0 Å². The molecule has 22 heavy (non-hydrogen) atoms. The Morgan fingerprint density at radius 2 is 0.773 bits per heavy atom. The van der Waals surface area contributed by atoms with Gasteiger partial charge in [0.15, 0.2) is 0 Å². The van der Waals surface area contributed by atoms with Crippen LogP contribution in [-0.2, 0) is 37.5 Å². The van der Waals surface area contributed by atoms with Gasteiger partial charge in [-0.2, -0.15) is 0 Å². The summed E-state index contributed by atoms with van der Waals surface area (Å²) in [4.78, 5) is 0. The van der Waals surface area contributed by atoms with Gasteiger partial charge in [-0.3, -0.25) is 0 Å². The monoisotopic (exact) mass is 736 g/mol. The molecule has 2 rings (SSSR count). The van der Waals surface area contributed by atoms with Gasteiger partial charge in [-0.1, -0.05) is 76.5 Å². The second-order valence-electron chi connectivity index (χ2n) is 4.46. The van der Waals surface area contributed by atoms with Crippen molar-refractivity contribution in [1.82, 2.24) is 0 Å². The summed E-state index contributed by atoms with van der Waals surface area (Å²) in [7, 11) is 9.43. The first-order valence-electron chi connectivity index (χ1n) is 6.30. The van der Waals surface area contributed by atoms with E-state index in [1.54, 1.807) is 37.5 Å². The zero-order chi connectivity index (χ0) is 17.4. The van der Waals surface area contributed by atoms with Gasteiger partial charge in [0.2, 0.25) is 0 Å². The molecule has 2 aromatic rings. The Balaban J connectivity index is 0. The van der Waals surface area contributed by atoms with Gasteiger partial charge in [-0.15, -0.1) is 0 Å². The zero-order valence-corrected chi connectivity index (χ0v) is 20.9. The van der Waals surface area contributed by atoms with Gasteiger partial charge in [-0.25, -0.2) is 0 Å². The fourth-order valence-corrected chi connectivity index (χ4v) is 2.99. The second-order valence-corrected chi connectivity index (χ2v) is 9.07. The number of rotatable bonds is 2. The van der Waals surface area contributed by atoms with Crippen LogP contribution in [0.3, 0.4) is 0 Å². The van der Waals surface area contributed by atoms with Crippen molar-refractivity contribution < 1.29 is 37.5 Å². The van der Waals surface area contributed by atoms with Crippen molar-refractivity contribution in [1.29, 1.82) is 0 Å². The predicted molar refractivity (Wildman–Crippen MR) is 101 cm³/mol. The van der Waals surface area contributed by atoms with Crippen LogP contribution in [0.25, 0.3) is 0 Å². The quantitative estimate of drug-likeness (QED) is 0.359. The first kappa shape index (κ1) is 25.5. The van der Waals surface area contributed by atoms with Crippen molar-refractivity contribution in [2.75, 3.05) is 26.7 Å². The van der Waals surface area contributed by atoms with Crippen LogP contribution in [0.1, 0.15) is 0 Å². The molecule has 0 N–H and O–H groups in total. The van der Waals surface area contributed by atoms with Crippen LogP contribution in [0.15, 0.2) is 60.7 Å². The SMILES string of the molecule is CP(C)c1ccccc1.CP(C)c1ccccc1.[Cl][Pt].[Cl][Pt]. The van der Waals surface area contributed by atoms with Gasteiger partial charge in [0.1, 0.15) is 0 Å². The Hall–Kier alpha value is 1.26. The molecule has 0 amide bonds. The summed E-state index contributed by atoms with van der Waals surface area (Å²) in [5.41, 5.74) is 0. The van der Waals surface area contributed by atoms with Crippen LogP contribution >= 0.6 is 34.7 Å². The van der Waals surface area contributed by atoms with E-state index in [1.165, 1.54) is 10.6 Å². The van der Waals surface area contributed by atoms with Gasteiger partial charge in [-0.05, 0) is 37.3 Å². The van der Waals surface area contributed by atoms with E-state index >= 15 is 0 Å². The molecule has 0 aromatic heterocycles. The van der Waals surface area contributed by atoms with Gasteiger partial charge >= 0.3 is 56.4 Å². The van der Waals surface area contributed by atoms with E-state index in [0.29, 0.717) is 0 Å². The van der Waals surface area contributed by atoms with Crippen LogP contribution < -0.4 is 10.6 Å². The first-order valence-corrected chi connectivity index (χ1v) is 16.4. The molecule has 0 nitrogen and oxygen atoms in total. The van der Waals surface area contributed by atoms with E-state index in [1.807, 2.05) is 0 Å². The minimum absolute atomic E-state index is 0.104. The summed E-state index contributed by atoms with van der Waals surface area (Å²) in [6, 6.07) is 21.2. The summed E-state index contributed by atoms with van der Waals surface area (Å²) < 4.78 is 0. The summed E-state index contributed by atoms with van der Waals surface area (Å²) >= 11 is 3.22. The molecule has 0 heterocycles. The van der Waals surface area contributed by atoms with Gasteiger partial charge in [0.05, 0.1) is 0 Å². The first-order chi connectivity index (χ1) is 10.6. The Bertz CT molecular complexity index is 397. The fourth-order valence-electron chi connectivity index (χ4n) is 1.45. The van der Waals surface area contributed by atoms with Crippen molar-refractivity contribution in [2.45, 2.75) is 0 Å². The Morgan fingerprint density at radius 3 is 0.909 bits per heavy atom. The Kier molecular flexibility index (Phi) is 21.5. The molecule has 0 bridgehead atoms. The van der Waals surface area contributed by atoms with Crippen molar-refractivity contribution in [3.63, 3.8) is 0 Å². The maximum absolute atomic E-state index is 4.61. The Labute approximate surface area is 168 Å². The average Bonchev–Trinajstić information content (AvgIpc) is 2.60. The van der Waals surface area contributed by atoms with Gasteiger partial charge in [0.25, 0.3) is 0 Å². The van der Waals surface area contributed by atoms with E-state index in [2.05, 4.69) is 106 Å². The molecule has 0 unspecified atom stereocenters. The minimum atomic E-state index is 0.104. The molecule has 0 aliphatic rings. The molecule has 0 aliphatic heterocycles. The molecule has 0 atom stereocenters. The van der Waals surface area contributed by atoms with Crippen molar-refractivity contribution >= 4 is 45.3 Å². The van der Waals surface area contributed by atoms with E-state index in [4.69, 9.17) is 0 Å². The second kappa shape index (κ2) is 18.6. The normalized spacial score (nSPS) is 8.91. The number of hydrogen-bond donors (Lipinski definition) is 0. The summed E-state index contributed by atoms with van der Waals surface area (Å²) in [6.45, 7) is 9.07. The van der Waals surface area contributed by atoms with Crippen LogP contribution in [0.5, 0.6) is 0 Å². The number of benzene rings is 2. The van der Waals surface area contributed by atoms with E-state index in [0.717, 1.165) is 0 Å². The predicted octanol–water partition coefficient (Wildman–Crippen LogP) is 5.48. The zero-order valence-electron chi connectivity index (χ0n) is 13.1. The molecular formula is C16H22Cl2P2Pt2. The molecule has 0 aliphatic carbocycles. The molecule has 0 radical (unpaired) electrons. The van der Waals surface area contributed by atoms with Gasteiger partial charge < -0.3 is 0 Å². The van der Waals surface area contributed by atoms with E-state index in [-0.39, 0.29) is 15.8 Å². The van der Waals surface area contributed by atoms with Crippen molar-refractivity contribution in [2.24, 2.45) is 0 Å². The third-order valence-corrected chi connectivity index (χ3v) is 5.21. The van der Waals surface area contributed by atoms with Crippen LogP contribution in [0.4, 0.5) is 0 Å². The van der Waals surface area contributed by atoms with Gasteiger partial charge in [0, 0.05) is 0 Å². The van der Waals surface area contributed by atoms with E-state index in [9.17, 15) is 0 Å². The summed E-state index contributed by atoms with van der Waals surface area (Å²) in [5, 5.41) is 2.96. The van der Waals surface area contributed by atoms with Crippen LogP contribution in [0, 0.1) is 0 Å². The fraction of sp³-hybridized carbons (Fsp3) is 0.250. The summed E-state index contributed by atoms with van der Waals surface area (Å²) in [5.74, 6) is 0. The molecular weight excluding hydrogens is 715 g/mol. The molecule has 6 heteroatoms. The molecule has 0 spiro atoms. The topological polar surface area (TPSA) is 0 Å². The van der Waals surface area contributed by atoms with E-state index < -0.39 is 0 Å². The molecule has 130 valence electrons. The maximum atomic E-state index is 4.61. The average molecular weight is 737 g/mol. The molecule has 0 saturated heterocycles. The Morgan fingerprint density at radius 1 is 0.545 bits per heavy atom. The number of hydrogen-bond acceptors (Lipinski definition) is 0. The van der Waals surface area contributed by atoms with Crippen LogP contribution in [0.2, 0.25) is 0 Å². The summed E-state index contributed by atoms with van der Waals surface area (Å²) in [6.07, 6.45) is 0. The molecule has 2 aromatic carbocycles. The third kappa shape index (κ3) is 13.7. The molecule has 0 fully saturated rings. The number of halogens is 2. The standard InChI is InChI=1S/2C8H11P.2ClH.2Pt/c2*1-9(2)8-6-4-3-5-7-8;;;;/h2*3-7H,1-2H3;2*1H;;/q;;;;2*+1/p-2. The van der Waals surface area contributed by atoms with Crippen LogP contribution in [-0.4, -0.2) is 26.7 Å². The van der Waals surface area contributed by atoms with Crippen molar-refractivity contribution in [3.05, 3.63) is 60.7 Å². The molecule has 0 saturated carbocycles. The third-order valence-electron chi connectivity index (χ3n) is 2.55.